The number of nitro benzene ring substituents is 1. The average molecular weight is 345 g/mol. The number of methoxy groups -OCH3 is 2. The molecule has 0 fully saturated rings. The number of hydrogen-bond acceptors (Lipinski definition) is 7. The summed E-state index contributed by atoms with van der Waals surface area (Å²) >= 11 is 0. The number of rotatable bonds is 7. The minimum Gasteiger partial charge on any atom is -0.497 e. The lowest BCUT2D eigenvalue weighted by atomic mass is 10.1. The maximum atomic E-state index is 12.2. The number of non-ortho nitro benzene ring substituents is 1. The Balaban J connectivity index is 2.12. The summed E-state index contributed by atoms with van der Waals surface area (Å²) in [6.45, 7) is -0.516. The van der Waals surface area contributed by atoms with Crippen LogP contribution < -0.4 is 9.47 Å². The summed E-state index contributed by atoms with van der Waals surface area (Å²) < 4.78 is 15.0. The van der Waals surface area contributed by atoms with Crippen LogP contribution in [0.1, 0.15) is 20.7 Å². The van der Waals surface area contributed by atoms with E-state index in [4.69, 9.17) is 14.2 Å². The molecule has 0 radical (unpaired) electrons. The third-order valence-corrected chi connectivity index (χ3v) is 3.34. The molecule has 0 aromatic heterocycles. The van der Waals surface area contributed by atoms with Gasteiger partial charge in [0, 0.05) is 17.7 Å². The molecule has 0 amide bonds. The second kappa shape index (κ2) is 7.91. The zero-order valence-corrected chi connectivity index (χ0v) is 13.6. The standard InChI is InChI=1S/C17H15NO7/c1-23-13-5-3-4-11(8-13)15(19)10-25-17(20)14-9-12(18(21)22)6-7-16(14)24-2/h3-9H,10H2,1-2H3. The third-order valence-electron chi connectivity index (χ3n) is 3.34. The van der Waals surface area contributed by atoms with Gasteiger partial charge in [0.15, 0.2) is 12.4 Å². The lowest BCUT2D eigenvalue weighted by Crippen LogP contribution is -2.15. The van der Waals surface area contributed by atoms with Crippen molar-refractivity contribution < 1.29 is 28.7 Å². The van der Waals surface area contributed by atoms with E-state index in [9.17, 15) is 19.7 Å². The minimum absolute atomic E-state index is 0.115. The van der Waals surface area contributed by atoms with E-state index in [2.05, 4.69) is 0 Å². The van der Waals surface area contributed by atoms with Crippen LogP contribution in [0.3, 0.4) is 0 Å². The Kier molecular flexibility index (Phi) is 5.67. The Bertz CT molecular complexity index is 816. The first-order chi connectivity index (χ1) is 12.0. The normalized spacial score (nSPS) is 10.0. The molecule has 8 heteroatoms. The number of nitro groups is 1. The van der Waals surface area contributed by atoms with Gasteiger partial charge in [0.05, 0.1) is 19.1 Å². The van der Waals surface area contributed by atoms with E-state index in [0.29, 0.717) is 11.3 Å². The number of Topliss-reactive ketones (excluding diaryl/α,β-unsaturated/α-hetero) is 1. The molecule has 130 valence electrons. The molecule has 8 nitrogen and oxygen atoms in total. The van der Waals surface area contributed by atoms with Crippen LogP contribution >= 0.6 is 0 Å². The fourth-order valence-electron chi connectivity index (χ4n) is 2.06. The van der Waals surface area contributed by atoms with Gasteiger partial charge in [-0.1, -0.05) is 12.1 Å². The summed E-state index contributed by atoms with van der Waals surface area (Å²) in [4.78, 5) is 34.5. The highest BCUT2D eigenvalue weighted by atomic mass is 16.6. The molecule has 2 rings (SSSR count). The van der Waals surface area contributed by atoms with Crippen molar-refractivity contribution in [3.8, 4) is 11.5 Å². The lowest BCUT2D eigenvalue weighted by Gasteiger charge is -2.09. The zero-order valence-electron chi connectivity index (χ0n) is 13.6. The fourth-order valence-corrected chi connectivity index (χ4v) is 2.06. The Morgan fingerprint density at radius 3 is 2.48 bits per heavy atom. The molecule has 0 N–H and O–H groups in total. The summed E-state index contributed by atoms with van der Waals surface area (Å²) in [5, 5.41) is 10.8. The van der Waals surface area contributed by atoms with E-state index in [-0.39, 0.29) is 17.0 Å². The van der Waals surface area contributed by atoms with E-state index < -0.39 is 23.3 Å². The first kappa shape index (κ1) is 17.9. The summed E-state index contributed by atoms with van der Waals surface area (Å²) in [7, 11) is 2.79. The monoisotopic (exact) mass is 345 g/mol. The number of hydrogen-bond donors (Lipinski definition) is 0. The third kappa shape index (κ3) is 4.31. The highest BCUT2D eigenvalue weighted by Gasteiger charge is 2.20. The van der Waals surface area contributed by atoms with Gasteiger partial charge in [-0.2, -0.15) is 0 Å². The molecule has 0 unspecified atom stereocenters. The topological polar surface area (TPSA) is 105 Å². The van der Waals surface area contributed by atoms with Crippen LogP contribution in [0, 0.1) is 10.1 Å². The largest absolute Gasteiger partial charge is 0.497 e. The summed E-state index contributed by atoms with van der Waals surface area (Å²) in [5.41, 5.74) is -0.0971. The van der Waals surface area contributed by atoms with E-state index in [0.717, 1.165) is 6.07 Å². The van der Waals surface area contributed by atoms with E-state index in [1.165, 1.54) is 32.4 Å². The Morgan fingerprint density at radius 1 is 1.08 bits per heavy atom. The number of carbonyl (C=O) groups excluding carboxylic acids is 2. The highest BCUT2D eigenvalue weighted by molar-refractivity contribution is 6.00. The highest BCUT2D eigenvalue weighted by Crippen LogP contribution is 2.24. The van der Waals surface area contributed by atoms with Crippen molar-refractivity contribution in [2.24, 2.45) is 0 Å². The van der Waals surface area contributed by atoms with Gasteiger partial charge >= 0.3 is 5.97 Å². The zero-order chi connectivity index (χ0) is 18.4. The van der Waals surface area contributed by atoms with Gasteiger partial charge in [-0.15, -0.1) is 0 Å². The Hall–Kier alpha value is -3.42. The van der Waals surface area contributed by atoms with E-state index >= 15 is 0 Å². The molecular formula is C17H15NO7. The number of benzene rings is 2. The molecule has 2 aromatic rings. The molecular weight excluding hydrogens is 330 g/mol. The van der Waals surface area contributed by atoms with Crippen molar-refractivity contribution in [3.63, 3.8) is 0 Å². The molecule has 0 atom stereocenters. The fraction of sp³-hybridized carbons (Fsp3) is 0.176. The molecule has 0 aliphatic heterocycles. The van der Waals surface area contributed by atoms with Crippen LogP contribution in [0.15, 0.2) is 42.5 Å². The summed E-state index contributed by atoms with van der Waals surface area (Å²) in [5.74, 6) is -0.713. The van der Waals surface area contributed by atoms with Crippen molar-refractivity contribution in [1.82, 2.24) is 0 Å². The number of carbonyl (C=O) groups is 2. The van der Waals surface area contributed by atoms with Crippen molar-refractivity contribution in [2.45, 2.75) is 0 Å². The van der Waals surface area contributed by atoms with Crippen LogP contribution in [0.25, 0.3) is 0 Å². The first-order valence-corrected chi connectivity index (χ1v) is 7.13. The van der Waals surface area contributed by atoms with Gasteiger partial charge in [0.25, 0.3) is 5.69 Å². The number of ether oxygens (including phenoxy) is 3. The van der Waals surface area contributed by atoms with Gasteiger partial charge in [0.2, 0.25) is 0 Å². The van der Waals surface area contributed by atoms with Gasteiger partial charge < -0.3 is 14.2 Å². The predicted molar refractivity (Wildman–Crippen MR) is 87.3 cm³/mol. The molecule has 0 aliphatic carbocycles. The number of nitrogens with zero attached hydrogens (tertiary/aromatic N) is 1. The van der Waals surface area contributed by atoms with Crippen molar-refractivity contribution >= 4 is 17.4 Å². The molecule has 0 heterocycles. The second-order valence-corrected chi connectivity index (χ2v) is 4.87. The Labute approximate surface area is 143 Å². The maximum absolute atomic E-state index is 12.2. The molecule has 0 saturated carbocycles. The van der Waals surface area contributed by atoms with Crippen LogP contribution in [0.5, 0.6) is 11.5 Å². The van der Waals surface area contributed by atoms with Gasteiger partial charge in [-0.3, -0.25) is 14.9 Å². The second-order valence-electron chi connectivity index (χ2n) is 4.87. The van der Waals surface area contributed by atoms with Gasteiger partial charge in [-0.05, 0) is 18.2 Å². The maximum Gasteiger partial charge on any atom is 0.342 e. The molecule has 0 aliphatic rings. The smallest absolute Gasteiger partial charge is 0.342 e. The lowest BCUT2D eigenvalue weighted by molar-refractivity contribution is -0.384. The molecule has 0 spiro atoms. The van der Waals surface area contributed by atoms with Crippen molar-refractivity contribution in [1.29, 1.82) is 0 Å². The molecule has 25 heavy (non-hydrogen) atoms. The van der Waals surface area contributed by atoms with Crippen LogP contribution in [0.2, 0.25) is 0 Å². The summed E-state index contributed by atoms with van der Waals surface area (Å²) in [6, 6.07) is 9.93. The molecule has 0 bridgehead atoms. The predicted octanol–water partition coefficient (Wildman–Crippen LogP) is 2.65. The van der Waals surface area contributed by atoms with E-state index in [1.807, 2.05) is 0 Å². The minimum atomic E-state index is -0.892. The molecule has 2 aromatic carbocycles. The molecule has 0 saturated heterocycles. The SMILES string of the molecule is COc1cccc(C(=O)COC(=O)c2cc([N+](=O)[O-])ccc2OC)c1. The van der Waals surface area contributed by atoms with Crippen LogP contribution in [-0.4, -0.2) is 37.5 Å². The van der Waals surface area contributed by atoms with Crippen molar-refractivity contribution in [2.75, 3.05) is 20.8 Å². The van der Waals surface area contributed by atoms with Gasteiger partial charge in [-0.25, -0.2) is 4.79 Å². The van der Waals surface area contributed by atoms with E-state index in [1.54, 1.807) is 18.2 Å². The van der Waals surface area contributed by atoms with Crippen LogP contribution in [-0.2, 0) is 4.74 Å². The Morgan fingerprint density at radius 2 is 1.84 bits per heavy atom. The number of esters is 1. The first-order valence-electron chi connectivity index (χ1n) is 7.13. The quantitative estimate of drug-likeness (QED) is 0.329. The van der Waals surface area contributed by atoms with Crippen LogP contribution in [0.4, 0.5) is 5.69 Å². The average Bonchev–Trinajstić information content (AvgIpc) is 2.65. The number of ketones is 1. The summed E-state index contributed by atoms with van der Waals surface area (Å²) in [6.07, 6.45) is 0. The van der Waals surface area contributed by atoms with Crippen molar-refractivity contribution in [3.05, 3.63) is 63.7 Å². The van der Waals surface area contributed by atoms with Gasteiger partial charge in [0.1, 0.15) is 17.1 Å².